The van der Waals surface area contributed by atoms with Crippen molar-refractivity contribution >= 4 is 41.4 Å². The topological polar surface area (TPSA) is 190 Å². The number of likely N-dealkylation sites (N-methyl/N-ethyl adjacent to an activating group) is 1. The van der Waals surface area contributed by atoms with Gasteiger partial charge in [-0.2, -0.15) is 0 Å². The third kappa shape index (κ3) is 9.45. The van der Waals surface area contributed by atoms with Gasteiger partial charge in [0.05, 0.1) is 50.1 Å². The molecular weight excluding hydrogens is 712 g/mol. The van der Waals surface area contributed by atoms with Crippen LogP contribution in [0.4, 0.5) is 10.5 Å². The summed E-state index contributed by atoms with van der Waals surface area (Å²) >= 11 is 0. The number of nitrogens with one attached hydrogen (secondary N) is 2. The summed E-state index contributed by atoms with van der Waals surface area (Å²) in [6.07, 6.45) is 7.69. The van der Waals surface area contributed by atoms with Crippen molar-refractivity contribution in [1.29, 1.82) is 0 Å². The molecule has 0 bridgehead atoms. The third-order valence-corrected chi connectivity index (χ3v) is 11.2. The van der Waals surface area contributed by atoms with Gasteiger partial charge in [0, 0.05) is 44.6 Å². The summed E-state index contributed by atoms with van der Waals surface area (Å²) in [5.41, 5.74) is 2.01. The number of aliphatic hydroxyl groups excluding tert-OH is 1. The number of esters is 1. The molecule has 2 aliphatic carbocycles. The highest BCUT2D eigenvalue weighted by molar-refractivity contribution is 6.25. The number of carbonyl (C=O) groups is 6. The number of imide groups is 2. The number of hydrogen-bond donors (Lipinski definition) is 3. The lowest BCUT2D eigenvalue weighted by atomic mass is 9.65. The summed E-state index contributed by atoms with van der Waals surface area (Å²) in [6.45, 7) is 6.13. The zero-order valence-electron chi connectivity index (χ0n) is 31.7. The normalized spacial score (nSPS) is 28.9. The van der Waals surface area contributed by atoms with Gasteiger partial charge in [-0.05, 0) is 61.1 Å². The molecule has 3 N–H and O–H groups in total. The molecule has 5 amide bonds. The number of amides is 5. The zero-order chi connectivity index (χ0) is 39.2. The van der Waals surface area contributed by atoms with Crippen LogP contribution in [0.2, 0.25) is 0 Å². The molecule has 5 aliphatic rings. The second kappa shape index (κ2) is 17.9. The van der Waals surface area contributed by atoms with Crippen molar-refractivity contribution in [3.63, 3.8) is 0 Å². The molecule has 1 aromatic carbocycles. The Balaban J connectivity index is 0.898. The average molecular weight is 765 g/mol. The van der Waals surface area contributed by atoms with E-state index in [1.807, 2.05) is 0 Å². The molecule has 298 valence electrons. The number of hydrogen-bond acceptors (Lipinski definition) is 12. The van der Waals surface area contributed by atoms with Crippen LogP contribution in [-0.4, -0.2) is 122 Å². The molecule has 0 radical (unpaired) electrons. The number of piperidine rings is 1. The number of carbonyl (C=O) groups excluding carboxylic acids is 6. The summed E-state index contributed by atoms with van der Waals surface area (Å²) < 4.78 is 23.1. The Morgan fingerprint density at radius 1 is 1.04 bits per heavy atom. The summed E-state index contributed by atoms with van der Waals surface area (Å²) in [4.78, 5) is 77.9. The maximum atomic E-state index is 13.3. The van der Waals surface area contributed by atoms with E-state index in [0.29, 0.717) is 51.3 Å². The molecule has 1 aromatic rings. The Bertz CT molecular complexity index is 1710. The predicted octanol–water partition coefficient (Wildman–Crippen LogP) is 3.22. The van der Waals surface area contributed by atoms with E-state index in [-0.39, 0.29) is 85.5 Å². The van der Waals surface area contributed by atoms with Crippen molar-refractivity contribution in [2.75, 3.05) is 51.9 Å². The Morgan fingerprint density at radius 3 is 2.58 bits per heavy atom. The SMILES string of the molecule is C[C@H]1C=C2C=C[C@H](C)[C@H](CC[C@@H]3C[C@@H](O)CC(=O)O3)[C@H]2[C@@H](OC(=O)N(C)CCOCCOCCNc2cccc3c2C(=O)N(C2CCC(=O)NC2=O)C3=O)C1. The number of rotatable bonds is 15. The summed E-state index contributed by atoms with van der Waals surface area (Å²) in [6, 6.07) is 3.85. The molecule has 1 unspecified atom stereocenters. The molecule has 0 spiro atoms. The van der Waals surface area contributed by atoms with Gasteiger partial charge >= 0.3 is 12.1 Å². The second-order valence-electron chi connectivity index (χ2n) is 15.2. The number of benzene rings is 1. The molecule has 0 saturated carbocycles. The minimum Gasteiger partial charge on any atom is -0.462 e. The van der Waals surface area contributed by atoms with Crippen molar-refractivity contribution in [2.45, 2.75) is 83.1 Å². The lowest BCUT2D eigenvalue weighted by Gasteiger charge is -2.43. The van der Waals surface area contributed by atoms with Gasteiger partial charge in [0.1, 0.15) is 18.2 Å². The van der Waals surface area contributed by atoms with E-state index >= 15 is 0 Å². The van der Waals surface area contributed by atoms with Crippen molar-refractivity contribution in [1.82, 2.24) is 15.1 Å². The molecule has 2 fully saturated rings. The number of cyclic esters (lactones) is 1. The van der Waals surface area contributed by atoms with Crippen LogP contribution in [0.5, 0.6) is 0 Å². The largest absolute Gasteiger partial charge is 0.462 e. The van der Waals surface area contributed by atoms with Crippen LogP contribution in [0, 0.1) is 23.7 Å². The number of ether oxygens (including phenoxy) is 4. The Labute approximate surface area is 320 Å². The van der Waals surface area contributed by atoms with E-state index < -0.39 is 41.9 Å². The Kier molecular flexibility index (Phi) is 13.0. The smallest absolute Gasteiger partial charge is 0.409 e. The Morgan fingerprint density at radius 2 is 1.82 bits per heavy atom. The van der Waals surface area contributed by atoms with Crippen LogP contribution in [0.25, 0.3) is 0 Å². The van der Waals surface area contributed by atoms with Crippen LogP contribution in [0.15, 0.2) is 42.0 Å². The fraction of sp³-hybridized carbons (Fsp3) is 0.600. The number of fused-ring (bicyclic) bond motifs is 2. The first-order valence-corrected chi connectivity index (χ1v) is 19.3. The Hall–Kier alpha value is -4.60. The lowest BCUT2D eigenvalue weighted by Crippen LogP contribution is -2.54. The van der Waals surface area contributed by atoms with E-state index in [1.54, 1.807) is 25.2 Å². The standard InChI is InChI=1S/C40H52N4O11/c1-23-19-25-8-7-24(2)28(10-9-27-21-26(45)22-34(47)54-27)35(25)32(20-23)55-40(51)43(3)14-16-53-18-17-52-15-13-41-30-6-4-5-29-36(30)39(50)44(38(29)49)31-11-12-33(46)42-37(31)48/h4-8,19,23-24,26-28,31-32,35,41,45H,9-18,20-22H2,1-3H3,(H,42,46,48)/t23-,24-,26+,27+,28-,31?,32-,35-/m0/s1. The van der Waals surface area contributed by atoms with E-state index in [0.717, 1.165) is 11.3 Å². The number of anilines is 1. The molecule has 2 saturated heterocycles. The van der Waals surface area contributed by atoms with E-state index in [4.69, 9.17) is 18.9 Å². The minimum absolute atomic E-state index is 0.0268. The maximum Gasteiger partial charge on any atom is 0.409 e. The van der Waals surface area contributed by atoms with Crippen molar-refractivity contribution in [2.24, 2.45) is 23.7 Å². The highest BCUT2D eigenvalue weighted by atomic mass is 16.6. The fourth-order valence-electron chi connectivity index (χ4n) is 8.39. The van der Waals surface area contributed by atoms with E-state index in [9.17, 15) is 33.9 Å². The monoisotopic (exact) mass is 764 g/mol. The summed E-state index contributed by atoms with van der Waals surface area (Å²) in [7, 11) is 1.68. The first kappa shape index (κ1) is 40.1. The average Bonchev–Trinajstić information content (AvgIpc) is 3.39. The first-order chi connectivity index (χ1) is 26.4. The van der Waals surface area contributed by atoms with Crippen LogP contribution in [-0.2, 0) is 33.3 Å². The highest BCUT2D eigenvalue weighted by Gasteiger charge is 2.46. The van der Waals surface area contributed by atoms with Gasteiger partial charge in [-0.15, -0.1) is 0 Å². The molecule has 8 atom stereocenters. The molecule has 55 heavy (non-hydrogen) atoms. The van der Waals surface area contributed by atoms with Gasteiger partial charge < -0.3 is 34.3 Å². The molecule has 3 heterocycles. The van der Waals surface area contributed by atoms with Crippen molar-refractivity contribution in [3.8, 4) is 0 Å². The molecular formula is C40H52N4O11. The van der Waals surface area contributed by atoms with Crippen LogP contribution >= 0.6 is 0 Å². The van der Waals surface area contributed by atoms with Crippen LogP contribution in [0.1, 0.15) is 79.5 Å². The number of aliphatic hydroxyl groups is 1. The van der Waals surface area contributed by atoms with Gasteiger partial charge in [0.15, 0.2) is 0 Å². The molecule has 15 nitrogen and oxygen atoms in total. The molecule has 6 rings (SSSR count). The number of nitrogens with zero attached hydrogens (tertiary/aromatic N) is 2. The number of allylic oxidation sites excluding steroid dienone is 3. The van der Waals surface area contributed by atoms with Crippen molar-refractivity contribution in [3.05, 3.63) is 53.1 Å². The van der Waals surface area contributed by atoms with Gasteiger partial charge in [-0.3, -0.25) is 34.2 Å². The fourth-order valence-corrected chi connectivity index (χ4v) is 8.39. The molecule has 15 heteroatoms. The van der Waals surface area contributed by atoms with Gasteiger partial charge in [0.2, 0.25) is 11.8 Å². The van der Waals surface area contributed by atoms with Crippen LogP contribution in [0.3, 0.4) is 0 Å². The first-order valence-electron chi connectivity index (χ1n) is 19.3. The van der Waals surface area contributed by atoms with E-state index in [1.165, 1.54) is 10.5 Å². The second-order valence-corrected chi connectivity index (χ2v) is 15.2. The van der Waals surface area contributed by atoms with Gasteiger partial charge in [0.25, 0.3) is 11.8 Å². The predicted molar refractivity (Wildman–Crippen MR) is 198 cm³/mol. The van der Waals surface area contributed by atoms with Crippen molar-refractivity contribution < 1.29 is 52.8 Å². The van der Waals surface area contributed by atoms with E-state index in [2.05, 4.69) is 42.7 Å². The van der Waals surface area contributed by atoms with Gasteiger partial charge in [-0.1, -0.05) is 38.1 Å². The lowest BCUT2D eigenvalue weighted by molar-refractivity contribution is -0.160. The zero-order valence-corrected chi connectivity index (χ0v) is 31.7. The quantitative estimate of drug-likeness (QED) is 0.135. The molecule has 3 aliphatic heterocycles. The highest BCUT2D eigenvalue weighted by Crippen LogP contribution is 2.45. The summed E-state index contributed by atoms with van der Waals surface area (Å²) in [5, 5.41) is 15.4. The molecule has 0 aromatic heterocycles. The minimum atomic E-state index is -1.03. The maximum absolute atomic E-state index is 13.3. The van der Waals surface area contributed by atoms with Gasteiger partial charge in [-0.25, -0.2) is 4.79 Å². The summed E-state index contributed by atoms with van der Waals surface area (Å²) in [5.74, 6) is -1.88. The van der Waals surface area contributed by atoms with Crippen LogP contribution < -0.4 is 10.6 Å². The third-order valence-electron chi connectivity index (χ3n) is 11.2.